The Balaban J connectivity index is 1.51. The predicted octanol–water partition coefficient (Wildman–Crippen LogP) is 2.29. The molecule has 0 bridgehead atoms. The van der Waals surface area contributed by atoms with Gasteiger partial charge in [-0.15, -0.1) is 0 Å². The van der Waals surface area contributed by atoms with Crippen LogP contribution in [0.15, 0.2) is 23.8 Å². The van der Waals surface area contributed by atoms with E-state index in [0.717, 1.165) is 18.4 Å². The van der Waals surface area contributed by atoms with Crippen molar-refractivity contribution in [1.29, 1.82) is 0 Å². The Labute approximate surface area is 170 Å². The molecule has 1 N–H and O–H groups in total. The minimum atomic E-state index is -1.52. The van der Waals surface area contributed by atoms with Gasteiger partial charge in [0.1, 0.15) is 11.2 Å². The fourth-order valence-electron chi connectivity index (χ4n) is 7.20. The van der Waals surface area contributed by atoms with Crippen LogP contribution in [0.2, 0.25) is 0 Å². The highest BCUT2D eigenvalue weighted by Crippen LogP contribution is 2.75. The molecule has 5 rings (SSSR count). The van der Waals surface area contributed by atoms with Crippen LogP contribution >= 0.6 is 0 Å². The molecule has 1 saturated heterocycles. The third kappa shape index (κ3) is 2.17. The van der Waals surface area contributed by atoms with Crippen LogP contribution in [0.3, 0.4) is 0 Å². The Morgan fingerprint density at radius 3 is 2.79 bits per heavy atom. The monoisotopic (exact) mass is 400 g/mol. The summed E-state index contributed by atoms with van der Waals surface area (Å²) in [4.78, 5) is 36.0. The Morgan fingerprint density at radius 2 is 2.07 bits per heavy atom. The van der Waals surface area contributed by atoms with Gasteiger partial charge >= 0.3 is 5.97 Å². The van der Waals surface area contributed by atoms with Crippen LogP contribution in [0.25, 0.3) is 0 Å². The molecule has 6 heteroatoms. The molecule has 0 aromatic rings. The van der Waals surface area contributed by atoms with Crippen molar-refractivity contribution in [3.05, 3.63) is 23.8 Å². The summed E-state index contributed by atoms with van der Waals surface area (Å²) in [6.45, 7) is 5.07. The minimum absolute atomic E-state index is 0.0496. The second kappa shape index (κ2) is 5.67. The first-order valence-corrected chi connectivity index (χ1v) is 10.6. The van der Waals surface area contributed by atoms with Gasteiger partial charge in [0.25, 0.3) is 0 Å². The molecule has 7 atom stereocenters. The second-order valence-electron chi connectivity index (χ2n) is 10.0. The van der Waals surface area contributed by atoms with Gasteiger partial charge in [0.2, 0.25) is 5.78 Å². The van der Waals surface area contributed by atoms with E-state index in [4.69, 9.17) is 9.47 Å². The van der Waals surface area contributed by atoms with Crippen molar-refractivity contribution in [2.75, 3.05) is 6.61 Å². The zero-order chi connectivity index (χ0) is 20.8. The van der Waals surface area contributed by atoms with Gasteiger partial charge in [-0.05, 0) is 43.3 Å². The molecular formula is C23H28O6. The number of hydrogen-bond acceptors (Lipinski definition) is 6. The highest BCUT2D eigenvalue weighted by molar-refractivity contribution is 5.93. The summed E-state index contributed by atoms with van der Waals surface area (Å²) in [6, 6.07) is 0. The summed E-state index contributed by atoms with van der Waals surface area (Å²) in [5.74, 6) is -0.581. The van der Waals surface area contributed by atoms with E-state index in [1.54, 1.807) is 6.08 Å². The third-order valence-corrected chi connectivity index (χ3v) is 8.92. The van der Waals surface area contributed by atoms with Gasteiger partial charge in [-0.25, -0.2) is 0 Å². The van der Waals surface area contributed by atoms with Gasteiger partial charge in [0.15, 0.2) is 12.4 Å². The average molecular weight is 400 g/mol. The maximum absolute atomic E-state index is 12.9. The van der Waals surface area contributed by atoms with Crippen molar-refractivity contribution in [3.8, 4) is 0 Å². The lowest BCUT2D eigenvalue weighted by Crippen LogP contribution is -2.61. The number of fused-ring (bicyclic) bond motifs is 3. The van der Waals surface area contributed by atoms with Crippen molar-refractivity contribution < 1.29 is 29.0 Å². The maximum Gasteiger partial charge on any atom is 0.303 e. The fraction of sp³-hybridized carbons (Fsp3) is 0.696. The summed E-state index contributed by atoms with van der Waals surface area (Å²) in [5.41, 5.74) is -1.66. The van der Waals surface area contributed by atoms with Crippen LogP contribution < -0.4 is 0 Å². The molecule has 7 unspecified atom stereocenters. The number of epoxide rings is 1. The number of ketones is 2. The van der Waals surface area contributed by atoms with E-state index in [9.17, 15) is 19.5 Å². The first-order valence-electron chi connectivity index (χ1n) is 10.6. The van der Waals surface area contributed by atoms with Gasteiger partial charge in [0, 0.05) is 30.1 Å². The summed E-state index contributed by atoms with van der Waals surface area (Å²) >= 11 is 0. The van der Waals surface area contributed by atoms with Crippen molar-refractivity contribution in [2.24, 2.45) is 22.7 Å². The number of carbonyl (C=O) groups is 3. The van der Waals surface area contributed by atoms with Crippen LogP contribution in [-0.2, 0) is 23.9 Å². The number of hydrogen-bond donors (Lipinski definition) is 1. The zero-order valence-corrected chi connectivity index (χ0v) is 17.2. The minimum Gasteiger partial charge on any atom is -0.458 e. The summed E-state index contributed by atoms with van der Waals surface area (Å²) in [6.07, 6.45) is 8.93. The van der Waals surface area contributed by atoms with Crippen LogP contribution in [0.1, 0.15) is 52.9 Å². The topological polar surface area (TPSA) is 93.2 Å². The summed E-state index contributed by atoms with van der Waals surface area (Å²) < 4.78 is 11.4. The van der Waals surface area contributed by atoms with E-state index >= 15 is 0 Å². The largest absolute Gasteiger partial charge is 0.458 e. The number of rotatable bonds is 3. The Morgan fingerprint density at radius 1 is 1.31 bits per heavy atom. The van der Waals surface area contributed by atoms with E-state index in [1.165, 1.54) is 6.92 Å². The molecule has 0 aromatic carbocycles. The van der Waals surface area contributed by atoms with Crippen molar-refractivity contribution in [3.63, 3.8) is 0 Å². The van der Waals surface area contributed by atoms with E-state index in [0.29, 0.717) is 19.3 Å². The van der Waals surface area contributed by atoms with Gasteiger partial charge in [-0.3, -0.25) is 14.4 Å². The highest BCUT2D eigenvalue weighted by atomic mass is 16.6. The molecule has 0 aromatic heterocycles. The van der Waals surface area contributed by atoms with Crippen LogP contribution in [0, 0.1) is 22.7 Å². The van der Waals surface area contributed by atoms with Crippen LogP contribution in [-0.4, -0.2) is 46.6 Å². The smallest absolute Gasteiger partial charge is 0.303 e. The molecule has 1 spiro atoms. The lowest BCUT2D eigenvalue weighted by atomic mass is 9.47. The van der Waals surface area contributed by atoms with E-state index in [-0.39, 0.29) is 34.7 Å². The Hall–Kier alpha value is -1.79. The molecule has 1 heterocycles. The van der Waals surface area contributed by atoms with E-state index in [2.05, 4.69) is 19.1 Å². The fourth-order valence-corrected chi connectivity index (χ4v) is 7.20. The quantitative estimate of drug-likeness (QED) is 0.577. The van der Waals surface area contributed by atoms with Gasteiger partial charge < -0.3 is 14.6 Å². The van der Waals surface area contributed by atoms with Gasteiger partial charge in [0.05, 0.1) is 6.10 Å². The normalized spacial score (nSPS) is 49.3. The molecule has 0 amide bonds. The number of esters is 1. The van der Waals surface area contributed by atoms with Crippen molar-refractivity contribution in [1.82, 2.24) is 0 Å². The molecule has 4 aliphatic carbocycles. The Bertz CT molecular complexity index is 888. The molecule has 2 saturated carbocycles. The van der Waals surface area contributed by atoms with Crippen LogP contribution in [0.5, 0.6) is 0 Å². The maximum atomic E-state index is 12.9. The van der Waals surface area contributed by atoms with Gasteiger partial charge in [-0.1, -0.05) is 26.0 Å². The van der Waals surface area contributed by atoms with Crippen molar-refractivity contribution >= 4 is 17.5 Å². The Kier molecular flexibility index (Phi) is 3.75. The van der Waals surface area contributed by atoms with E-state index in [1.807, 2.05) is 6.92 Å². The number of allylic oxidation sites excluding steroid dienone is 2. The second-order valence-corrected chi connectivity index (χ2v) is 10.0. The molecule has 6 nitrogen and oxygen atoms in total. The highest BCUT2D eigenvalue weighted by Gasteiger charge is 2.80. The molecule has 5 aliphatic rings. The van der Waals surface area contributed by atoms with Crippen LogP contribution in [0.4, 0.5) is 0 Å². The number of carbonyl (C=O) groups excluding carboxylic acids is 3. The SMILES string of the molecule is CC(=O)OCC(=O)C1(O)CCC2C3C=CC4=CC(=O)CCC4(C)C34OC4CC21C. The predicted molar refractivity (Wildman–Crippen MR) is 103 cm³/mol. The van der Waals surface area contributed by atoms with Gasteiger partial charge in [-0.2, -0.15) is 0 Å². The number of ether oxygens (including phenoxy) is 2. The third-order valence-electron chi connectivity index (χ3n) is 8.92. The molecule has 0 radical (unpaired) electrons. The number of Topliss-reactive ketones (excluding diaryl/α,β-unsaturated/α-hetero) is 1. The molecule has 1 aliphatic heterocycles. The standard InChI is InChI=1S/C23H28O6/c1-13(24)28-12-18(26)22(27)9-7-16-17-5-4-14-10-15(25)6-8-20(14,2)23(17)19(29-23)11-21(16,22)3/h4-5,10,16-17,19,27H,6-9,11-12H2,1-3H3. The summed E-state index contributed by atoms with van der Waals surface area (Å²) in [7, 11) is 0. The molecular weight excluding hydrogens is 372 g/mol. The lowest BCUT2D eigenvalue weighted by molar-refractivity contribution is -0.164. The first-order chi connectivity index (χ1) is 13.6. The molecule has 29 heavy (non-hydrogen) atoms. The zero-order valence-electron chi connectivity index (χ0n) is 17.2. The van der Waals surface area contributed by atoms with E-state index < -0.39 is 29.4 Å². The van der Waals surface area contributed by atoms with Crippen molar-refractivity contribution in [2.45, 2.75) is 70.2 Å². The average Bonchev–Trinajstić information content (AvgIpc) is 3.32. The first kappa shape index (κ1) is 19.2. The summed E-state index contributed by atoms with van der Waals surface area (Å²) in [5, 5.41) is 11.5. The number of aliphatic hydroxyl groups is 1. The lowest BCUT2D eigenvalue weighted by Gasteiger charge is -2.54. The molecule has 156 valence electrons. The molecule has 3 fully saturated rings.